The Morgan fingerprint density at radius 1 is 1.24 bits per heavy atom. The van der Waals surface area contributed by atoms with Crippen molar-refractivity contribution in [3.05, 3.63) is 30.6 Å². The fraction of sp³-hybridized carbons (Fsp3) is 0.556. The van der Waals surface area contributed by atoms with Gasteiger partial charge in [0.25, 0.3) is 0 Å². The van der Waals surface area contributed by atoms with Gasteiger partial charge in [0.2, 0.25) is 6.54 Å². The van der Waals surface area contributed by atoms with Gasteiger partial charge in [-0.3, -0.25) is 4.79 Å². The predicted octanol–water partition coefficient (Wildman–Crippen LogP) is 1.91. The zero-order valence-electron chi connectivity index (χ0n) is 15.1. The summed E-state index contributed by atoms with van der Waals surface area (Å²) in [4.78, 5) is 24.0. The van der Waals surface area contributed by atoms with Crippen molar-refractivity contribution in [2.24, 2.45) is 5.10 Å². The van der Waals surface area contributed by atoms with Gasteiger partial charge in [0.1, 0.15) is 5.60 Å². The minimum Gasteiger partial charge on any atom is -0.444 e. The first kappa shape index (κ1) is 18.9. The number of nitrogens with zero attached hydrogens (tertiary/aromatic N) is 2. The molecule has 1 aliphatic rings. The molecule has 0 bridgehead atoms. The molecule has 0 saturated heterocycles. The van der Waals surface area contributed by atoms with Crippen molar-refractivity contribution in [1.82, 2.24) is 10.7 Å². The molecule has 1 saturated carbocycles. The normalized spacial score (nSPS) is 19.3. The molecule has 1 heterocycles. The first-order chi connectivity index (χ1) is 11.8. The Bertz CT molecular complexity index is 623. The highest BCUT2D eigenvalue weighted by atomic mass is 16.6. The summed E-state index contributed by atoms with van der Waals surface area (Å²) in [5.41, 5.74) is 2.82. The maximum Gasteiger partial charge on any atom is 0.408 e. The van der Waals surface area contributed by atoms with Gasteiger partial charge in [-0.1, -0.05) is 12.5 Å². The molecule has 136 valence electrons. The highest BCUT2D eigenvalue weighted by Crippen LogP contribution is 2.16. The summed E-state index contributed by atoms with van der Waals surface area (Å²) in [6.45, 7) is 5.67. The van der Waals surface area contributed by atoms with Gasteiger partial charge in [-0.05, 0) is 40.0 Å². The molecule has 2 amide bonds. The Labute approximate surface area is 148 Å². The molecular weight excluding hydrogens is 320 g/mol. The SMILES string of the molecule is CC(C)(C)OC(=O)NC1CCCC/C1=N\NC(=O)C[n+]1ccccc1. The number of alkyl carbamates (subject to hydrolysis) is 1. The minimum atomic E-state index is -0.544. The number of amides is 2. The number of rotatable bonds is 4. The molecule has 1 aromatic rings. The largest absolute Gasteiger partial charge is 0.444 e. The van der Waals surface area contributed by atoms with Crippen molar-refractivity contribution in [2.75, 3.05) is 0 Å². The predicted molar refractivity (Wildman–Crippen MR) is 93.8 cm³/mol. The molecule has 2 rings (SSSR count). The fourth-order valence-electron chi connectivity index (χ4n) is 2.61. The van der Waals surface area contributed by atoms with Crippen LogP contribution in [-0.2, 0) is 16.1 Å². The van der Waals surface area contributed by atoms with E-state index in [1.807, 2.05) is 51.4 Å². The molecule has 0 radical (unpaired) electrons. The number of hydrogen-bond donors (Lipinski definition) is 2. The van der Waals surface area contributed by atoms with Gasteiger partial charge in [0.15, 0.2) is 12.4 Å². The second-order valence-electron chi connectivity index (χ2n) is 7.13. The quantitative estimate of drug-likeness (QED) is 0.645. The zero-order valence-corrected chi connectivity index (χ0v) is 15.1. The Morgan fingerprint density at radius 3 is 2.64 bits per heavy atom. The van der Waals surface area contributed by atoms with Crippen LogP contribution in [0, 0.1) is 0 Å². The van der Waals surface area contributed by atoms with Crippen LogP contribution in [-0.4, -0.2) is 29.4 Å². The molecule has 1 aliphatic carbocycles. The second-order valence-corrected chi connectivity index (χ2v) is 7.13. The molecule has 25 heavy (non-hydrogen) atoms. The summed E-state index contributed by atoms with van der Waals surface area (Å²) in [6.07, 6.45) is 6.72. The van der Waals surface area contributed by atoms with E-state index in [1.165, 1.54) is 0 Å². The van der Waals surface area contributed by atoms with Crippen molar-refractivity contribution < 1.29 is 18.9 Å². The number of pyridine rings is 1. The lowest BCUT2D eigenvalue weighted by Crippen LogP contribution is -2.46. The van der Waals surface area contributed by atoms with Gasteiger partial charge in [-0.2, -0.15) is 9.67 Å². The average Bonchev–Trinajstić information content (AvgIpc) is 2.53. The van der Waals surface area contributed by atoms with E-state index in [2.05, 4.69) is 15.8 Å². The molecule has 7 nitrogen and oxygen atoms in total. The van der Waals surface area contributed by atoms with E-state index in [0.29, 0.717) is 0 Å². The third-order valence-electron chi connectivity index (χ3n) is 3.70. The summed E-state index contributed by atoms with van der Waals surface area (Å²) in [5, 5.41) is 7.09. The van der Waals surface area contributed by atoms with Gasteiger partial charge in [-0.25, -0.2) is 10.2 Å². The maximum atomic E-state index is 12.0. The van der Waals surface area contributed by atoms with Gasteiger partial charge < -0.3 is 10.1 Å². The zero-order chi connectivity index (χ0) is 18.3. The van der Waals surface area contributed by atoms with E-state index in [9.17, 15) is 9.59 Å². The van der Waals surface area contributed by atoms with Crippen LogP contribution >= 0.6 is 0 Å². The third kappa shape index (κ3) is 6.91. The van der Waals surface area contributed by atoms with Crippen LogP contribution in [0.1, 0.15) is 46.5 Å². The van der Waals surface area contributed by atoms with Crippen molar-refractivity contribution >= 4 is 17.7 Å². The van der Waals surface area contributed by atoms with Crippen molar-refractivity contribution in [2.45, 2.75) is 64.6 Å². The van der Waals surface area contributed by atoms with Gasteiger partial charge >= 0.3 is 12.0 Å². The molecule has 1 aromatic heterocycles. The smallest absolute Gasteiger partial charge is 0.408 e. The van der Waals surface area contributed by atoms with E-state index >= 15 is 0 Å². The topological polar surface area (TPSA) is 83.7 Å². The summed E-state index contributed by atoms with van der Waals surface area (Å²) >= 11 is 0. The van der Waals surface area contributed by atoms with E-state index < -0.39 is 11.7 Å². The molecular formula is C18H27N4O3+. The fourth-order valence-corrected chi connectivity index (χ4v) is 2.61. The number of aromatic nitrogens is 1. The summed E-state index contributed by atoms with van der Waals surface area (Å²) in [5.74, 6) is -0.203. The van der Waals surface area contributed by atoms with E-state index in [0.717, 1.165) is 31.4 Å². The minimum absolute atomic E-state index is 0.196. The van der Waals surface area contributed by atoms with E-state index in [1.54, 1.807) is 4.57 Å². The number of nitrogens with one attached hydrogen (secondary N) is 2. The highest BCUT2D eigenvalue weighted by Gasteiger charge is 2.25. The summed E-state index contributed by atoms with van der Waals surface area (Å²) in [6, 6.07) is 5.42. The maximum absolute atomic E-state index is 12.0. The van der Waals surface area contributed by atoms with Crippen LogP contribution in [0.15, 0.2) is 35.7 Å². The summed E-state index contributed by atoms with van der Waals surface area (Å²) in [7, 11) is 0. The van der Waals surface area contributed by atoms with E-state index in [-0.39, 0.29) is 18.5 Å². The number of carbonyl (C=O) groups is 2. The van der Waals surface area contributed by atoms with Crippen molar-refractivity contribution in [3.8, 4) is 0 Å². The molecule has 1 unspecified atom stereocenters. The van der Waals surface area contributed by atoms with Crippen LogP contribution in [0.5, 0.6) is 0 Å². The number of hydrogen-bond acceptors (Lipinski definition) is 4. The van der Waals surface area contributed by atoms with Gasteiger partial charge in [-0.15, -0.1) is 0 Å². The Kier molecular flexibility index (Phi) is 6.50. The second kappa shape index (κ2) is 8.60. The number of ether oxygens (including phenoxy) is 1. The first-order valence-corrected chi connectivity index (χ1v) is 8.62. The molecule has 1 atom stereocenters. The average molecular weight is 347 g/mol. The van der Waals surface area contributed by atoms with Gasteiger partial charge in [0.05, 0.1) is 11.8 Å². The molecule has 0 aromatic carbocycles. The number of carbonyl (C=O) groups excluding carboxylic acids is 2. The van der Waals surface area contributed by atoms with Crippen LogP contribution in [0.3, 0.4) is 0 Å². The van der Waals surface area contributed by atoms with Crippen molar-refractivity contribution in [3.63, 3.8) is 0 Å². The van der Waals surface area contributed by atoms with Crippen LogP contribution in [0.2, 0.25) is 0 Å². The van der Waals surface area contributed by atoms with Crippen molar-refractivity contribution in [1.29, 1.82) is 0 Å². The molecule has 0 spiro atoms. The number of hydrazone groups is 1. The third-order valence-corrected chi connectivity index (χ3v) is 3.70. The van der Waals surface area contributed by atoms with Crippen LogP contribution in [0.4, 0.5) is 4.79 Å². The lowest BCUT2D eigenvalue weighted by molar-refractivity contribution is -0.684. The lowest BCUT2D eigenvalue weighted by Gasteiger charge is -2.27. The molecule has 1 fully saturated rings. The standard InChI is InChI=1S/C18H26N4O3/c1-18(2,3)25-17(24)19-14-9-5-6-10-15(14)20-21-16(23)13-22-11-7-4-8-12-22/h4,7-8,11-12,14H,5-6,9-10,13H2,1-3H3,(H-,19,21,23,24)/p+1/b20-15+. The lowest BCUT2D eigenvalue weighted by atomic mass is 9.93. The first-order valence-electron chi connectivity index (χ1n) is 8.62. The Morgan fingerprint density at radius 2 is 1.96 bits per heavy atom. The monoisotopic (exact) mass is 347 g/mol. The molecule has 2 N–H and O–H groups in total. The van der Waals surface area contributed by atoms with Crippen LogP contribution < -0.4 is 15.3 Å². The highest BCUT2D eigenvalue weighted by molar-refractivity contribution is 5.93. The molecule has 7 heteroatoms. The van der Waals surface area contributed by atoms with Gasteiger partial charge in [0, 0.05) is 12.1 Å². The Hall–Kier alpha value is -2.44. The molecule has 0 aliphatic heterocycles. The summed E-state index contributed by atoms with van der Waals surface area (Å²) < 4.78 is 7.07. The Balaban J connectivity index is 1.91. The van der Waals surface area contributed by atoms with E-state index in [4.69, 9.17) is 4.74 Å². The van der Waals surface area contributed by atoms with Crippen LogP contribution in [0.25, 0.3) is 0 Å².